The Morgan fingerprint density at radius 1 is 1.15 bits per heavy atom. The molecule has 1 aromatic carbocycles. The Bertz CT molecular complexity index is 914. The predicted octanol–water partition coefficient (Wildman–Crippen LogP) is 2.51. The summed E-state index contributed by atoms with van der Waals surface area (Å²) < 4.78 is 33.4. The van der Waals surface area contributed by atoms with Crippen LogP contribution in [-0.2, 0) is 22.9 Å². The average molecular weight is 373 g/mol. The predicted molar refractivity (Wildman–Crippen MR) is 97.6 cm³/mol. The molecule has 0 spiro atoms. The van der Waals surface area contributed by atoms with Crippen LogP contribution in [-0.4, -0.2) is 41.9 Å². The number of fused-ring (bicyclic) bond motifs is 1. The number of hydrogen-bond acceptors (Lipinski definition) is 5. The molecule has 0 amide bonds. The molecule has 2 aromatic rings. The number of hydrogen-bond donors (Lipinski definition) is 0. The third-order valence-electron chi connectivity index (χ3n) is 5.10. The van der Waals surface area contributed by atoms with Crippen molar-refractivity contribution in [1.82, 2.24) is 14.3 Å². The van der Waals surface area contributed by atoms with Crippen LogP contribution < -0.4 is 4.74 Å². The number of nitrogens with zero attached hydrogens (tertiary/aromatic N) is 3. The molecule has 2 aliphatic rings. The van der Waals surface area contributed by atoms with Gasteiger partial charge in [0.1, 0.15) is 11.9 Å². The van der Waals surface area contributed by atoms with Crippen LogP contribution in [0.15, 0.2) is 35.4 Å². The van der Waals surface area contributed by atoms with Gasteiger partial charge in [-0.25, -0.2) is 13.4 Å². The van der Waals surface area contributed by atoms with Gasteiger partial charge in [-0.2, -0.15) is 9.29 Å². The molecule has 0 saturated carbocycles. The van der Waals surface area contributed by atoms with Crippen LogP contribution in [0.2, 0.25) is 0 Å². The Hall–Kier alpha value is -1.99. The van der Waals surface area contributed by atoms with E-state index < -0.39 is 10.0 Å². The largest absolute Gasteiger partial charge is 0.473 e. The van der Waals surface area contributed by atoms with Crippen LogP contribution in [0.25, 0.3) is 0 Å². The van der Waals surface area contributed by atoms with Gasteiger partial charge in [-0.05, 0) is 62.3 Å². The van der Waals surface area contributed by atoms with Crippen molar-refractivity contribution in [1.29, 1.82) is 0 Å². The number of rotatable bonds is 4. The van der Waals surface area contributed by atoms with E-state index in [1.165, 1.54) is 21.9 Å². The minimum absolute atomic E-state index is 0.184. The first-order valence-electron chi connectivity index (χ1n) is 9.10. The fraction of sp³-hybridized carbons (Fsp3) is 0.474. The van der Waals surface area contributed by atoms with Crippen molar-refractivity contribution in [2.45, 2.75) is 50.0 Å². The van der Waals surface area contributed by atoms with Crippen LogP contribution in [0.1, 0.15) is 36.2 Å². The molecule has 6 nitrogen and oxygen atoms in total. The fourth-order valence-corrected chi connectivity index (χ4v) is 5.24. The number of benzene rings is 1. The standard InChI is InChI=1S/C19H23N3O3S/c1-14-20-10-8-19(21-14)25-17-9-11-22(13-17)26(23,24)18-7-6-15-4-2-3-5-16(15)12-18/h6-8,10,12,17H,2-5,9,11,13H2,1H3/t17-/m0/s1. The topological polar surface area (TPSA) is 72.4 Å². The zero-order valence-corrected chi connectivity index (χ0v) is 15.7. The Morgan fingerprint density at radius 3 is 2.77 bits per heavy atom. The molecule has 1 aliphatic heterocycles. The van der Waals surface area contributed by atoms with E-state index in [2.05, 4.69) is 9.97 Å². The molecular weight excluding hydrogens is 350 g/mol. The summed E-state index contributed by atoms with van der Waals surface area (Å²) in [7, 11) is -3.48. The summed E-state index contributed by atoms with van der Waals surface area (Å²) in [5.74, 6) is 1.13. The lowest BCUT2D eigenvalue weighted by Gasteiger charge is -2.20. The normalized spacial score (nSPS) is 20.7. The maximum Gasteiger partial charge on any atom is 0.243 e. The summed E-state index contributed by atoms with van der Waals surface area (Å²) in [6, 6.07) is 7.30. The van der Waals surface area contributed by atoms with Gasteiger partial charge in [-0.3, -0.25) is 0 Å². The molecule has 26 heavy (non-hydrogen) atoms. The molecule has 0 radical (unpaired) electrons. The summed E-state index contributed by atoms with van der Waals surface area (Å²) in [6.45, 7) is 2.62. The Balaban J connectivity index is 1.49. The summed E-state index contributed by atoms with van der Waals surface area (Å²) in [6.07, 6.45) is 6.46. The van der Waals surface area contributed by atoms with Crippen LogP contribution in [0.5, 0.6) is 5.88 Å². The van der Waals surface area contributed by atoms with E-state index in [9.17, 15) is 8.42 Å². The maximum atomic E-state index is 13.0. The Labute approximate surface area is 154 Å². The lowest BCUT2D eigenvalue weighted by atomic mass is 9.92. The van der Waals surface area contributed by atoms with Gasteiger partial charge in [-0.1, -0.05) is 6.07 Å². The summed E-state index contributed by atoms with van der Waals surface area (Å²) in [5.41, 5.74) is 2.47. The lowest BCUT2D eigenvalue weighted by Crippen LogP contribution is -2.31. The van der Waals surface area contributed by atoms with E-state index in [1.807, 2.05) is 12.1 Å². The van der Waals surface area contributed by atoms with E-state index in [-0.39, 0.29) is 6.10 Å². The number of aryl methyl sites for hydroxylation is 3. The van der Waals surface area contributed by atoms with E-state index >= 15 is 0 Å². The quantitative estimate of drug-likeness (QED) is 0.823. The molecular formula is C19H23N3O3S. The van der Waals surface area contributed by atoms with Crippen LogP contribution >= 0.6 is 0 Å². The molecule has 0 N–H and O–H groups in total. The van der Waals surface area contributed by atoms with Gasteiger partial charge in [0.15, 0.2) is 0 Å². The van der Waals surface area contributed by atoms with Crippen molar-refractivity contribution in [3.05, 3.63) is 47.4 Å². The molecule has 0 unspecified atom stereocenters. The van der Waals surface area contributed by atoms with Crippen LogP contribution in [0, 0.1) is 6.92 Å². The van der Waals surface area contributed by atoms with Crippen molar-refractivity contribution in [3.63, 3.8) is 0 Å². The highest BCUT2D eigenvalue weighted by Crippen LogP contribution is 2.28. The molecule has 1 atom stereocenters. The minimum atomic E-state index is -3.48. The second-order valence-corrected chi connectivity index (χ2v) is 8.91. The fourth-order valence-electron chi connectivity index (χ4n) is 3.70. The summed E-state index contributed by atoms with van der Waals surface area (Å²) >= 11 is 0. The Kier molecular flexibility index (Phi) is 4.67. The molecule has 7 heteroatoms. The van der Waals surface area contributed by atoms with Gasteiger partial charge in [0.05, 0.1) is 11.4 Å². The summed E-state index contributed by atoms with van der Waals surface area (Å²) in [4.78, 5) is 8.67. The first-order chi connectivity index (χ1) is 12.5. The van der Waals surface area contributed by atoms with Gasteiger partial charge in [0.25, 0.3) is 0 Å². The smallest absolute Gasteiger partial charge is 0.243 e. The van der Waals surface area contributed by atoms with Crippen LogP contribution in [0.4, 0.5) is 0 Å². The number of aromatic nitrogens is 2. The highest BCUT2D eigenvalue weighted by molar-refractivity contribution is 7.89. The van der Waals surface area contributed by atoms with Crippen molar-refractivity contribution in [2.75, 3.05) is 13.1 Å². The molecule has 1 fully saturated rings. The van der Waals surface area contributed by atoms with E-state index in [4.69, 9.17) is 4.74 Å². The molecule has 1 aromatic heterocycles. The Morgan fingerprint density at radius 2 is 1.96 bits per heavy atom. The molecule has 1 aliphatic carbocycles. The second-order valence-electron chi connectivity index (χ2n) is 6.97. The zero-order chi connectivity index (χ0) is 18.1. The molecule has 1 saturated heterocycles. The number of ether oxygens (including phenoxy) is 1. The molecule has 4 rings (SSSR count). The van der Waals surface area contributed by atoms with Gasteiger partial charge in [-0.15, -0.1) is 0 Å². The average Bonchev–Trinajstić information content (AvgIpc) is 3.10. The van der Waals surface area contributed by atoms with Gasteiger partial charge >= 0.3 is 0 Å². The first kappa shape index (κ1) is 17.4. The van der Waals surface area contributed by atoms with Gasteiger partial charge in [0, 0.05) is 18.8 Å². The maximum absolute atomic E-state index is 13.0. The molecule has 138 valence electrons. The monoisotopic (exact) mass is 373 g/mol. The third kappa shape index (κ3) is 3.46. The lowest BCUT2D eigenvalue weighted by molar-refractivity contribution is 0.206. The SMILES string of the molecule is Cc1nccc(O[C@H]2CCN(S(=O)(=O)c3ccc4c(c3)CCCC4)C2)n1. The van der Waals surface area contributed by atoms with Crippen molar-refractivity contribution in [2.24, 2.45) is 0 Å². The van der Waals surface area contributed by atoms with Crippen molar-refractivity contribution >= 4 is 10.0 Å². The third-order valence-corrected chi connectivity index (χ3v) is 6.96. The number of sulfonamides is 1. The zero-order valence-electron chi connectivity index (χ0n) is 14.9. The van der Waals surface area contributed by atoms with E-state index in [1.54, 1.807) is 25.3 Å². The first-order valence-corrected chi connectivity index (χ1v) is 10.5. The van der Waals surface area contributed by atoms with Gasteiger partial charge in [0.2, 0.25) is 15.9 Å². The van der Waals surface area contributed by atoms with Crippen molar-refractivity contribution in [3.8, 4) is 5.88 Å². The van der Waals surface area contributed by atoms with Crippen molar-refractivity contribution < 1.29 is 13.2 Å². The van der Waals surface area contributed by atoms with Gasteiger partial charge < -0.3 is 4.74 Å². The van der Waals surface area contributed by atoms with E-state index in [0.717, 1.165) is 19.3 Å². The second kappa shape index (κ2) is 6.96. The molecule has 0 bridgehead atoms. The van der Waals surface area contributed by atoms with Crippen LogP contribution in [0.3, 0.4) is 0 Å². The van der Waals surface area contributed by atoms with E-state index in [0.29, 0.717) is 36.1 Å². The highest BCUT2D eigenvalue weighted by atomic mass is 32.2. The summed E-state index contributed by atoms with van der Waals surface area (Å²) in [5, 5.41) is 0. The molecule has 2 heterocycles. The minimum Gasteiger partial charge on any atom is -0.473 e. The highest BCUT2D eigenvalue weighted by Gasteiger charge is 2.34.